The molecule has 0 spiro atoms. The van der Waals surface area contributed by atoms with Crippen LogP contribution in [0.2, 0.25) is 0 Å². The van der Waals surface area contributed by atoms with Gasteiger partial charge in [-0.3, -0.25) is 4.90 Å². The molecule has 1 aliphatic rings. The molecule has 2 rings (SSSR count). The van der Waals surface area contributed by atoms with E-state index in [-0.39, 0.29) is 0 Å². The predicted octanol–water partition coefficient (Wildman–Crippen LogP) is 3.73. The van der Waals surface area contributed by atoms with Crippen LogP contribution in [0.25, 0.3) is 0 Å². The molecule has 0 aromatic heterocycles. The Morgan fingerprint density at radius 3 is 2.37 bits per heavy atom. The molecule has 106 valence electrons. The lowest BCUT2D eigenvalue weighted by Gasteiger charge is -2.40. The summed E-state index contributed by atoms with van der Waals surface area (Å²) in [4.78, 5) is 2.70. The van der Waals surface area contributed by atoms with E-state index in [1.807, 2.05) is 0 Å². The average molecular weight is 260 g/mol. The highest BCUT2D eigenvalue weighted by molar-refractivity contribution is 5.18. The van der Waals surface area contributed by atoms with Crippen molar-refractivity contribution in [1.29, 1.82) is 0 Å². The molecule has 0 heterocycles. The van der Waals surface area contributed by atoms with Crippen molar-refractivity contribution in [3.05, 3.63) is 35.9 Å². The standard InChI is InChI=1S/C17H28N2/c1-3-13-19(17-11-9-16(18)10-12-17)14(2)15-7-5-4-6-8-15/h4-8,14,16-17H,3,9-13,18H2,1-2H3. The molecule has 1 fully saturated rings. The molecule has 0 aliphatic heterocycles. The topological polar surface area (TPSA) is 29.3 Å². The van der Waals surface area contributed by atoms with Crippen molar-refractivity contribution < 1.29 is 0 Å². The SMILES string of the molecule is CCCN(C1CCC(N)CC1)C(C)c1ccccc1. The molecule has 2 heteroatoms. The van der Waals surface area contributed by atoms with Crippen LogP contribution in [0.3, 0.4) is 0 Å². The van der Waals surface area contributed by atoms with Crippen LogP contribution in [0.1, 0.15) is 57.6 Å². The number of nitrogens with two attached hydrogens (primary N) is 1. The number of rotatable bonds is 5. The molecule has 1 aromatic rings. The van der Waals surface area contributed by atoms with Gasteiger partial charge in [-0.25, -0.2) is 0 Å². The lowest BCUT2D eigenvalue weighted by molar-refractivity contribution is 0.107. The second-order valence-electron chi connectivity index (χ2n) is 5.89. The number of hydrogen-bond donors (Lipinski definition) is 1. The van der Waals surface area contributed by atoms with Gasteiger partial charge in [0, 0.05) is 18.1 Å². The van der Waals surface area contributed by atoms with Crippen molar-refractivity contribution in [1.82, 2.24) is 4.90 Å². The van der Waals surface area contributed by atoms with Gasteiger partial charge in [0.15, 0.2) is 0 Å². The highest BCUT2D eigenvalue weighted by Gasteiger charge is 2.27. The lowest BCUT2D eigenvalue weighted by atomic mass is 9.89. The highest BCUT2D eigenvalue weighted by atomic mass is 15.2. The van der Waals surface area contributed by atoms with Gasteiger partial charge < -0.3 is 5.73 Å². The summed E-state index contributed by atoms with van der Waals surface area (Å²) in [5.41, 5.74) is 7.48. The molecule has 2 nitrogen and oxygen atoms in total. The first-order valence-electron chi connectivity index (χ1n) is 7.78. The number of nitrogens with zero attached hydrogens (tertiary/aromatic N) is 1. The molecule has 0 bridgehead atoms. The van der Waals surface area contributed by atoms with Crippen LogP contribution < -0.4 is 5.73 Å². The lowest BCUT2D eigenvalue weighted by Crippen LogP contribution is -2.42. The van der Waals surface area contributed by atoms with Gasteiger partial charge in [-0.1, -0.05) is 37.3 Å². The van der Waals surface area contributed by atoms with Crippen LogP contribution in [0, 0.1) is 0 Å². The monoisotopic (exact) mass is 260 g/mol. The molecule has 0 radical (unpaired) electrons. The quantitative estimate of drug-likeness (QED) is 0.874. The summed E-state index contributed by atoms with van der Waals surface area (Å²) in [6, 6.07) is 12.6. The van der Waals surface area contributed by atoms with Crippen molar-refractivity contribution in [2.45, 2.75) is 64.1 Å². The van der Waals surface area contributed by atoms with Crippen LogP contribution in [0.15, 0.2) is 30.3 Å². The number of hydrogen-bond acceptors (Lipinski definition) is 2. The fourth-order valence-electron chi connectivity index (χ4n) is 3.31. The molecule has 0 saturated heterocycles. The summed E-state index contributed by atoms with van der Waals surface area (Å²) < 4.78 is 0. The fraction of sp³-hybridized carbons (Fsp3) is 0.647. The van der Waals surface area contributed by atoms with Crippen molar-refractivity contribution in [3.63, 3.8) is 0 Å². The van der Waals surface area contributed by atoms with E-state index in [4.69, 9.17) is 5.73 Å². The zero-order chi connectivity index (χ0) is 13.7. The van der Waals surface area contributed by atoms with Crippen molar-refractivity contribution >= 4 is 0 Å². The van der Waals surface area contributed by atoms with Gasteiger partial charge in [0.05, 0.1) is 0 Å². The van der Waals surface area contributed by atoms with Crippen LogP contribution in [-0.2, 0) is 0 Å². The molecule has 2 N–H and O–H groups in total. The molecule has 1 unspecified atom stereocenters. The predicted molar refractivity (Wildman–Crippen MR) is 82.1 cm³/mol. The summed E-state index contributed by atoms with van der Waals surface area (Å²) in [6.45, 7) is 5.81. The van der Waals surface area contributed by atoms with E-state index in [1.54, 1.807) is 0 Å². The molecule has 1 aliphatic carbocycles. The minimum atomic E-state index is 0.437. The molecule has 0 amide bonds. The van der Waals surface area contributed by atoms with E-state index < -0.39 is 0 Å². The maximum atomic E-state index is 6.04. The second kappa shape index (κ2) is 7.06. The average Bonchev–Trinajstić information content (AvgIpc) is 2.46. The zero-order valence-corrected chi connectivity index (χ0v) is 12.4. The van der Waals surface area contributed by atoms with Crippen LogP contribution in [0.4, 0.5) is 0 Å². The van der Waals surface area contributed by atoms with Gasteiger partial charge in [-0.05, 0) is 51.1 Å². The first kappa shape index (κ1) is 14.5. The van der Waals surface area contributed by atoms with Gasteiger partial charge in [0.25, 0.3) is 0 Å². The molecule has 1 aromatic carbocycles. The van der Waals surface area contributed by atoms with E-state index >= 15 is 0 Å². The maximum Gasteiger partial charge on any atom is 0.0322 e. The van der Waals surface area contributed by atoms with Crippen LogP contribution in [-0.4, -0.2) is 23.5 Å². The molecule has 1 atom stereocenters. The van der Waals surface area contributed by atoms with Gasteiger partial charge in [0.2, 0.25) is 0 Å². The maximum absolute atomic E-state index is 6.04. The Balaban J connectivity index is 2.06. The number of benzene rings is 1. The molecular formula is C17H28N2. The second-order valence-corrected chi connectivity index (χ2v) is 5.89. The van der Waals surface area contributed by atoms with E-state index in [9.17, 15) is 0 Å². The van der Waals surface area contributed by atoms with Crippen molar-refractivity contribution in [2.24, 2.45) is 5.73 Å². The highest BCUT2D eigenvalue weighted by Crippen LogP contribution is 2.29. The Labute approximate surface area is 118 Å². The summed E-state index contributed by atoms with van der Waals surface area (Å²) in [7, 11) is 0. The van der Waals surface area contributed by atoms with Gasteiger partial charge in [0.1, 0.15) is 0 Å². The Hall–Kier alpha value is -0.860. The van der Waals surface area contributed by atoms with E-state index in [2.05, 4.69) is 49.1 Å². The Kier molecular flexibility index (Phi) is 5.41. The summed E-state index contributed by atoms with van der Waals surface area (Å²) >= 11 is 0. The van der Waals surface area contributed by atoms with E-state index in [0.29, 0.717) is 12.1 Å². The van der Waals surface area contributed by atoms with Crippen molar-refractivity contribution in [3.8, 4) is 0 Å². The normalized spacial score (nSPS) is 25.5. The first-order valence-corrected chi connectivity index (χ1v) is 7.78. The van der Waals surface area contributed by atoms with E-state index in [0.717, 1.165) is 6.04 Å². The zero-order valence-electron chi connectivity index (χ0n) is 12.4. The summed E-state index contributed by atoms with van der Waals surface area (Å²) in [6.07, 6.45) is 6.12. The smallest absolute Gasteiger partial charge is 0.0322 e. The van der Waals surface area contributed by atoms with Gasteiger partial charge in [-0.15, -0.1) is 0 Å². The third-order valence-corrected chi connectivity index (χ3v) is 4.47. The Bertz CT molecular complexity index is 355. The minimum Gasteiger partial charge on any atom is -0.328 e. The van der Waals surface area contributed by atoms with E-state index in [1.165, 1.54) is 44.2 Å². The molecule has 19 heavy (non-hydrogen) atoms. The minimum absolute atomic E-state index is 0.437. The third-order valence-electron chi connectivity index (χ3n) is 4.47. The van der Waals surface area contributed by atoms with Crippen LogP contribution in [0.5, 0.6) is 0 Å². The fourth-order valence-corrected chi connectivity index (χ4v) is 3.31. The molecular weight excluding hydrogens is 232 g/mol. The van der Waals surface area contributed by atoms with Crippen LogP contribution >= 0.6 is 0 Å². The summed E-state index contributed by atoms with van der Waals surface area (Å²) in [5.74, 6) is 0. The Morgan fingerprint density at radius 2 is 1.79 bits per heavy atom. The Morgan fingerprint density at radius 1 is 1.16 bits per heavy atom. The van der Waals surface area contributed by atoms with Gasteiger partial charge >= 0.3 is 0 Å². The summed E-state index contributed by atoms with van der Waals surface area (Å²) in [5, 5.41) is 0. The van der Waals surface area contributed by atoms with Crippen molar-refractivity contribution in [2.75, 3.05) is 6.54 Å². The first-order chi connectivity index (χ1) is 9.22. The molecule has 1 saturated carbocycles. The largest absolute Gasteiger partial charge is 0.328 e. The van der Waals surface area contributed by atoms with Gasteiger partial charge in [-0.2, -0.15) is 0 Å². The third kappa shape index (κ3) is 3.80.